The van der Waals surface area contributed by atoms with Gasteiger partial charge >= 0.3 is 6.09 Å². The van der Waals surface area contributed by atoms with Crippen molar-refractivity contribution in [3.8, 4) is 0 Å². The van der Waals surface area contributed by atoms with E-state index >= 15 is 0 Å². The number of ether oxygens (including phenoxy) is 2. The summed E-state index contributed by atoms with van der Waals surface area (Å²) in [6.45, 7) is 4.00. The first-order chi connectivity index (χ1) is 8.62. The fourth-order valence-corrected chi connectivity index (χ4v) is 1.51. The van der Waals surface area contributed by atoms with Gasteiger partial charge in [-0.2, -0.15) is 0 Å². The third kappa shape index (κ3) is 4.18. The molecule has 0 aromatic heterocycles. The number of hydrogen-bond donors (Lipinski definition) is 1. The Hall–Kier alpha value is -1.88. The highest BCUT2D eigenvalue weighted by molar-refractivity contribution is 6.00. The van der Waals surface area contributed by atoms with Gasteiger partial charge in [0.15, 0.2) is 5.78 Å². The molecule has 0 unspecified atom stereocenters. The molecule has 1 aliphatic rings. The van der Waals surface area contributed by atoms with Gasteiger partial charge < -0.3 is 14.8 Å². The molecule has 1 N–H and O–H groups in total. The Kier molecular flexibility index (Phi) is 5.32. The summed E-state index contributed by atoms with van der Waals surface area (Å²) in [5.74, 6) is -0.0685. The van der Waals surface area contributed by atoms with Crippen LogP contribution in [0.3, 0.4) is 0 Å². The van der Waals surface area contributed by atoms with Crippen LogP contribution in [0.5, 0.6) is 0 Å². The third-order valence-electron chi connectivity index (χ3n) is 2.56. The zero-order chi connectivity index (χ0) is 13.4. The van der Waals surface area contributed by atoms with Crippen LogP contribution in [0.1, 0.15) is 6.42 Å². The third-order valence-corrected chi connectivity index (χ3v) is 2.56. The second-order valence-electron chi connectivity index (χ2n) is 3.79. The molecule has 5 nitrogen and oxygen atoms in total. The second kappa shape index (κ2) is 6.76. The SMILES string of the molecule is C=CCOC(=O)NCCC1(OC)C=CC(=O)C=C1. The molecule has 1 amide bonds. The number of nitrogens with one attached hydrogen (secondary N) is 1. The number of rotatable bonds is 6. The van der Waals surface area contributed by atoms with Crippen molar-refractivity contribution in [2.45, 2.75) is 12.0 Å². The molecule has 0 heterocycles. The number of hydrogen-bond acceptors (Lipinski definition) is 4. The number of alkyl carbamates (subject to hydrolysis) is 1. The highest BCUT2D eigenvalue weighted by Crippen LogP contribution is 2.21. The average Bonchev–Trinajstić information content (AvgIpc) is 2.39. The summed E-state index contributed by atoms with van der Waals surface area (Å²) in [6.07, 6.45) is 7.81. The van der Waals surface area contributed by atoms with Crippen LogP contribution >= 0.6 is 0 Å². The molecule has 0 bridgehead atoms. The fourth-order valence-electron chi connectivity index (χ4n) is 1.51. The highest BCUT2D eigenvalue weighted by atomic mass is 16.5. The largest absolute Gasteiger partial charge is 0.445 e. The standard InChI is InChI=1S/C13H17NO4/c1-3-10-18-12(16)14-9-8-13(17-2)6-4-11(15)5-7-13/h3-7H,1,8-10H2,2H3,(H,14,16). The highest BCUT2D eigenvalue weighted by Gasteiger charge is 2.25. The van der Waals surface area contributed by atoms with Gasteiger partial charge in [0.25, 0.3) is 0 Å². The maximum Gasteiger partial charge on any atom is 0.407 e. The Labute approximate surface area is 106 Å². The number of methoxy groups -OCH3 is 1. The first kappa shape index (κ1) is 14.2. The molecule has 0 saturated carbocycles. The predicted molar refractivity (Wildman–Crippen MR) is 67.2 cm³/mol. The summed E-state index contributed by atoms with van der Waals surface area (Å²) < 4.78 is 10.1. The zero-order valence-corrected chi connectivity index (χ0v) is 10.3. The van der Waals surface area contributed by atoms with Gasteiger partial charge in [0.2, 0.25) is 0 Å². The van der Waals surface area contributed by atoms with Gasteiger partial charge in [-0.15, -0.1) is 0 Å². The van der Waals surface area contributed by atoms with E-state index in [1.54, 1.807) is 19.3 Å². The molecule has 0 saturated heterocycles. The van der Waals surface area contributed by atoms with E-state index in [1.165, 1.54) is 18.2 Å². The Morgan fingerprint density at radius 1 is 1.50 bits per heavy atom. The van der Waals surface area contributed by atoms with Gasteiger partial charge in [0, 0.05) is 20.1 Å². The van der Waals surface area contributed by atoms with E-state index in [0.29, 0.717) is 13.0 Å². The van der Waals surface area contributed by atoms with E-state index in [1.807, 2.05) is 0 Å². The van der Waals surface area contributed by atoms with Gasteiger partial charge in [0.05, 0.1) is 0 Å². The van der Waals surface area contributed by atoms with Crippen LogP contribution in [0.15, 0.2) is 37.0 Å². The van der Waals surface area contributed by atoms with Crippen molar-refractivity contribution in [3.63, 3.8) is 0 Å². The topological polar surface area (TPSA) is 64.6 Å². The molecular formula is C13H17NO4. The van der Waals surface area contributed by atoms with E-state index in [9.17, 15) is 9.59 Å². The molecule has 1 rings (SSSR count). The summed E-state index contributed by atoms with van der Waals surface area (Å²) >= 11 is 0. The molecular weight excluding hydrogens is 234 g/mol. The molecule has 98 valence electrons. The predicted octanol–water partition coefficient (Wildman–Crippen LogP) is 1.37. The van der Waals surface area contributed by atoms with Crippen molar-refractivity contribution in [3.05, 3.63) is 37.0 Å². The van der Waals surface area contributed by atoms with Gasteiger partial charge in [-0.1, -0.05) is 12.7 Å². The smallest absolute Gasteiger partial charge is 0.407 e. The maximum atomic E-state index is 11.2. The minimum Gasteiger partial charge on any atom is -0.445 e. The molecule has 5 heteroatoms. The van der Waals surface area contributed by atoms with Crippen molar-refractivity contribution in [2.24, 2.45) is 0 Å². The Bertz CT molecular complexity index is 368. The molecule has 0 fully saturated rings. The maximum absolute atomic E-state index is 11.2. The van der Waals surface area contributed by atoms with E-state index in [0.717, 1.165) is 0 Å². The number of carbonyl (C=O) groups excluding carboxylic acids is 2. The van der Waals surface area contributed by atoms with Crippen molar-refractivity contribution in [1.82, 2.24) is 5.32 Å². The van der Waals surface area contributed by atoms with E-state index < -0.39 is 11.7 Å². The van der Waals surface area contributed by atoms with Crippen molar-refractivity contribution >= 4 is 11.9 Å². The molecule has 0 atom stereocenters. The lowest BCUT2D eigenvalue weighted by Gasteiger charge is -2.27. The summed E-state index contributed by atoms with van der Waals surface area (Å²) in [5, 5.41) is 2.59. The number of allylic oxidation sites excluding steroid dienone is 2. The van der Waals surface area contributed by atoms with Gasteiger partial charge in [-0.05, 0) is 24.3 Å². The van der Waals surface area contributed by atoms with Gasteiger partial charge in [-0.3, -0.25) is 4.79 Å². The summed E-state index contributed by atoms with van der Waals surface area (Å²) in [6, 6.07) is 0. The van der Waals surface area contributed by atoms with Crippen molar-refractivity contribution < 1.29 is 19.1 Å². The molecule has 0 aromatic carbocycles. The van der Waals surface area contributed by atoms with Crippen LogP contribution in [0.2, 0.25) is 0 Å². The van der Waals surface area contributed by atoms with Gasteiger partial charge in [-0.25, -0.2) is 4.79 Å². The number of carbonyl (C=O) groups is 2. The van der Waals surface area contributed by atoms with Crippen LogP contribution in [-0.2, 0) is 14.3 Å². The van der Waals surface area contributed by atoms with E-state index in [-0.39, 0.29) is 12.4 Å². The lowest BCUT2D eigenvalue weighted by atomic mass is 9.93. The van der Waals surface area contributed by atoms with Crippen LogP contribution in [0.4, 0.5) is 4.79 Å². The van der Waals surface area contributed by atoms with Crippen molar-refractivity contribution in [2.75, 3.05) is 20.3 Å². The van der Waals surface area contributed by atoms with Crippen LogP contribution < -0.4 is 5.32 Å². The summed E-state index contributed by atoms with van der Waals surface area (Å²) in [5.41, 5.74) is -0.639. The number of amides is 1. The normalized spacial score (nSPS) is 16.4. The lowest BCUT2D eigenvalue weighted by Crippen LogP contribution is -2.35. The summed E-state index contributed by atoms with van der Waals surface area (Å²) in [4.78, 5) is 22.2. The van der Waals surface area contributed by atoms with E-state index in [2.05, 4.69) is 11.9 Å². The summed E-state index contributed by atoms with van der Waals surface area (Å²) in [7, 11) is 1.56. The Balaban J connectivity index is 2.39. The minimum atomic E-state index is -0.639. The van der Waals surface area contributed by atoms with Crippen molar-refractivity contribution in [1.29, 1.82) is 0 Å². The quantitative estimate of drug-likeness (QED) is 0.724. The lowest BCUT2D eigenvalue weighted by molar-refractivity contribution is -0.110. The molecule has 0 radical (unpaired) electrons. The molecule has 1 aliphatic carbocycles. The fraction of sp³-hybridized carbons (Fsp3) is 0.385. The molecule has 0 spiro atoms. The monoisotopic (exact) mass is 251 g/mol. The van der Waals surface area contributed by atoms with Crippen LogP contribution in [0, 0.1) is 0 Å². The molecule has 0 aromatic rings. The van der Waals surface area contributed by atoms with Crippen LogP contribution in [-0.4, -0.2) is 37.7 Å². The van der Waals surface area contributed by atoms with Gasteiger partial charge in [0.1, 0.15) is 12.2 Å². The average molecular weight is 251 g/mol. The second-order valence-corrected chi connectivity index (χ2v) is 3.79. The first-order valence-electron chi connectivity index (χ1n) is 5.61. The minimum absolute atomic E-state index is 0.0685. The van der Waals surface area contributed by atoms with E-state index in [4.69, 9.17) is 9.47 Å². The molecule has 0 aliphatic heterocycles. The zero-order valence-electron chi connectivity index (χ0n) is 10.3. The Morgan fingerprint density at radius 3 is 2.72 bits per heavy atom. The first-order valence-corrected chi connectivity index (χ1v) is 5.61. The van der Waals surface area contributed by atoms with Crippen LogP contribution in [0.25, 0.3) is 0 Å². The molecule has 18 heavy (non-hydrogen) atoms. The Morgan fingerprint density at radius 2 is 2.17 bits per heavy atom. The number of ketones is 1.